The van der Waals surface area contributed by atoms with E-state index in [0.717, 1.165) is 30.5 Å². The Balaban J connectivity index is 2.10. The minimum absolute atomic E-state index is 0.580. The van der Waals surface area contributed by atoms with Crippen LogP contribution < -0.4 is 10.6 Å². The first kappa shape index (κ1) is 10.8. The summed E-state index contributed by atoms with van der Waals surface area (Å²) >= 11 is 1.51. The molecule has 0 aromatic carbocycles. The second-order valence-electron chi connectivity index (χ2n) is 4.04. The normalized spacial score (nSPS) is 22.0. The summed E-state index contributed by atoms with van der Waals surface area (Å²) in [5, 5.41) is 1.07. The summed E-state index contributed by atoms with van der Waals surface area (Å²) in [5.41, 5.74) is 5.65. The Morgan fingerprint density at radius 2 is 2.40 bits per heavy atom. The van der Waals surface area contributed by atoms with E-state index < -0.39 is 0 Å². The minimum atomic E-state index is 0.580. The van der Waals surface area contributed by atoms with Crippen molar-refractivity contribution in [2.24, 2.45) is 5.73 Å². The number of anilines is 1. The summed E-state index contributed by atoms with van der Waals surface area (Å²) in [7, 11) is 0. The van der Waals surface area contributed by atoms with E-state index in [1.165, 1.54) is 30.8 Å². The van der Waals surface area contributed by atoms with Crippen LogP contribution in [-0.4, -0.2) is 28.5 Å². The molecule has 0 aliphatic carbocycles. The first-order valence-electron chi connectivity index (χ1n) is 5.58. The number of nitrogens with two attached hydrogens (primary N) is 1. The van der Waals surface area contributed by atoms with Gasteiger partial charge in [-0.15, -0.1) is 0 Å². The lowest BCUT2D eigenvalue weighted by Gasteiger charge is -2.35. The molecule has 1 atom stereocenters. The summed E-state index contributed by atoms with van der Waals surface area (Å²) in [6, 6.07) is 0.580. The molecule has 1 aromatic heterocycles. The monoisotopic (exact) mass is 226 g/mol. The molecule has 1 aromatic rings. The molecule has 84 valence electrons. The van der Waals surface area contributed by atoms with Crippen LogP contribution in [0.25, 0.3) is 0 Å². The highest BCUT2D eigenvalue weighted by Crippen LogP contribution is 2.27. The molecule has 1 fully saturated rings. The maximum atomic E-state index is 5.65. The lowest BCUT2D eigenvalue weighted by atomic mass is 10.0. The highest BCUT2D eigenvalue weighted by atomic mass is 32.1. The molecule has 1 aliphatic rings. The van der Waals surface area contributed by atoms with Gasteiger partial charge in [-0.1, -0.05) is 0 Å². The van der Waals surface area contributed by atoms with E-state index >= 15 is 0 Å². The molecule has 0 spiro atoms. The van der Waals surface area contributed by atoms with Gasteiger partial charge in [0.1, 0.15) is 5.82 Å². The van der Waals surface area contributed by atoms with E-state index in [9.17, 15) is 0 Å². The number of aromatic nitrogens is 2. The summed E-state index contributed by atoms with van der Waals surface area (Å²) in [6.07, 6.45) is 4.90. The fourth-order valence-electron chi connectivity index (χ4n) is 2.15. The smallest absolute Gasteiger partial charge is 0.205 e. The first-order valence-corrected chi connectivity index (χ1v) is 6.35. The molecule has 2 heterocycles. The number of hydrogen-bond acceptors (Lipinski definition) is 5. The maximum Gasteiger partial charge on any atom is 0.205 e. The standard InChI is InChI=1S/C10H18N4S/c1-8-12-10(15-13-8)14-7-3-2-4-9(14)5-6-11/h9H,2-7,11H2,1H3. The topological polar surface area (TPSA) is 55.0 Å². The third-order valence-corrected chi connectivity index (χ3v) is 3.73. The van der Waals surface area contributed by atoms with Crippen LogP contribution in [0.3, 0.4) is 0 Å². The third-order valence-electron chi connectivity index (χ3n) is 2.89. The average molecular weight is 226 g/mol. The Morgan fingerprint density at radius 3 is 3.07 bits per heavy atom. The van der Waals surface area contributed by atoms with Crippen molar-refractivity contribution in [1.29, 1.82) is 0 Å². The zero-order valence-electron chi connectivity index (χ0n) is 9.15. The molecule has 0 amide bonds. The van der Waals surface area contributed by atoms with E-state index in [0.29, 0.717) is 6.04 Å². The Labute approximate surface area is 94.7 Å². The first-order chi connectivity index (χ1) is 7.31. The van der Waals surface area contributed by atoms with Gasteiger partial charge in [0.05, 0.1) is 0 Å². The number of nitrogens with zero attached hydrogens (tertiary/aromatic N) is 3. The molecule has 5 heteroatoms. The fourth-order valence-corrected chi connectivity index (χ4v) is 2.92. The van der Waals surface area contributed by atoms with Crippen molar-refractivity contribution in [1.82, 2.24) is 9.36 Å². The van der Waals surface area contributed by atoms with Crippen LogP contribution in [0.15, 0.2) is 0 Å². The van der Waals surface area contributed by atoms with Gasteiger partial charge >= 0.3 is 0 Å². The van der Waals surface area contributed by atoms with Crippen LogP contribution in [0.1, 0.15) is 31.5 Å². The Hall–Kier alpha value is -0.680. The van der Waals surface area contributed by atoms with Gasteiger partial charge in [0.25, 0.3) is 0 Å². The van der Waals surface area contributed by atoms with Gasteiger partial charge in [0, 0.05) is 24.1 Å². The molecule has 1 aliphatic heterocycles. The lowest BCUT2D eigenvalue weighted by Crippen LogP contribution is -2.40. The molecule has 1 unspecified atom stereocenters. The van der Waals surface area contributed by atoms with Gasteiger partial charge in [0.2, 0.25) is 5.13 Å². The van der Waals surface area contributed by atoms with Crippen molar-refractivity contribution in [3.63, 3.8) is 0 Å². The van der Waals surface area contributed by atoms with E-state index in [-0.39, 0.29) is 0 Å². The average Bonchev–Trinajstić information content (AvgIpc) is 2.66. The molecule has 2 N–H and O–H groups in total. The van der Waals surface area contributed by atoms with E-state index in [4.69, 9.17) is 5.73 Å². The molecule has 0 bridgehead atoms. The van der Waals surface area contributed by atoms with Gasteiger partial charge in [-0.05, 0) is 39.2 Å². The van der Waals surface area contributed by atoms with Crippen LogP contribution >= 0.6 is 11.5 Å². The van der Waals surface area contributed by atoms with Crippen LogP contribution in [-0.2, 0) is 0 Å². The molecule has 2 rings (SSSR count). The quantitative estimate of drug-likeness (QED) is 0.849. The molecule has 4 nitrogen and oxygen atoms in total. The van der Waals surface area contributed by atoms with Crippen molar-refractivity contribution in [2.45, 2.75) is 38.6 Å². The Morgan fingerprint density at radius 1 is 1.53 bits per heavy atom. The SMILES string of the molecule is Cc1nsc(N2CCCCC2CCN)n1. The molecule has 15 heavy (non-hydrogen) atoms. The van der Waals surface area contributed by atoms with Crippen LogP contribution in [0.5, 0.6) is 0 Å². The zero-order valence-corrected chi connectivity index (χ0v) is 9.96. The summed E-state index contributed by atoms with van der Waals surface area (Å²) < 4.78 is 4.24. The van der Waals surface area contributed by atoms with Crippen LogP contribution in [0.2, 0.25) is 0 Å². The van der Waals surface area contributed by atoms with Crippen LogP contribution in [0.4, 0.5) is 5.13 Å². The molecule has 0 radical (unpaired) electrons. The fraction of sp³-hybridized carbons (Fsp3) is 0.800. The number of rotatable bonds is 3. The number of piperidine rings is 1. The molecular formula is C10H18N4S. The van der Waals surface area contributed by atoms with Gasteiger partial charge in [-0.2, -0.15) is 4.37 Å². The zero-order chi connectivity index (χ0) is 10.7. The van der Waals surface area contributed by atoms with Crippen LogP contribution in [0, 0.1) is 6.92 Å². The second-order valence-corrected chi connectivity index (χ2v) is 4.77. The van der Waals surface area contributed by atoms with Crippen molar-refractivity contribution in [3.8, 4) is 0 Å². The highest BCUT2D eigenvalue weighted by molar-refractivity contribution is 7.09. The molecule has 1 saturated heterocycles. The van der Waals surface area contributed by atoms with Crippen molar-refractivity contribution in [2.75, 3.05) is 18.0 Å². The van der Waals surface area contributed by atoms with Gasteiger partial charge in [-0.25, -0.2) is 4.98 Å². The Kier molecular flexibility index (Phi) is 3.53. The number of aryl methyl sites for hydroxylation is 1. The summed E-state index contributed by atoms with van der Waals surface area (Å²) in [4.78, 5) is 6.85. The Bertz CT molecular complexity index is 310. The van der Waals surface area contributed by atoms with Crippen molar-refractivity contribution < 1.29 is 0 Å². The van der Waals surface area contributed by atoms with Crippen molar-refractivity contribution >= 4 is 16.7 Å². The van der Waals surface area contributed by atoms with Crippen molar-refractivity contribution in [3.05, 3.63) is 5.82 Å². The predicted molar refractivity (Wildman–Crippen MR) is 63.3 cm³/mol. The van der Waals surface area contributed by atoms with Gasteiger partial charge < -0.3 is 10.6 Å². The third kappa shape index (κ3) is 2.46. The maximum absolute atomic E-state index is 5.65. The van der Waals surface area contributed by atoms with E-state index in [2.05, 4.69) is 14.3 Å². The van der Waals surface area contributed by atoms with E-state index in [1.807, 2.05) is 6.92 Å². The predicted octanol–water partition coefficient (Wildman–Crippen LogP) is 1.55. The molecular weight excluding hydrogens is 208 g/mol. The lowest BCUT2D eigenvalue weighted by molar-refractivity contribution is 0.441. The van der Waals surface area contributed by atoms with Gasteiger partial charge in [0.15, 0.2) is 0 Å². The van der Waals surface area contributed by atoms with Gasteiger partial charge in [-0.3, -0.25) is 0 Å². The number of hydrogen-bond donors (Lipinski definition) is 1. The largest absolute Gasteiger partial charge is 0.344 e. The second kappa shape index (κ2) is 4.90. The summed E-state index contributed by atoms with van der Waals surface area (Å²) in [6.45, 7) is 3.82. The summed E-state index contributed by atoms with van der Waals surface area (Å²) in [5.74, 6) is 0.882. The minimum Gasteiger partial charge on any atom is -0.344 e. The molecule has 0 saturated carbocycles. The van der Waals surface area contributed by atoms with E-state index in [1.54, 1.807) is 0 Å². The highest BCUT2D eigenvalue weighted by Gasteiger charge is 2.24.